The van der Waals surface area contributed by atoms with Crippen molar-refractivity contribution in [1.29, 1.82) is 0 Å². The number of aromatic nitrogens is 1. The number of nitrogens with one attached hydrogen (secondary N) is 1. The number of hydrogen-bond donors (Lipinski definition) is 2. The zero-order valence-corrected chi connectivity index (χ0v) is 16.8. The van der Waals surface area contributed by atoms with Crippen molar-refractivity contribution in [3.63, 3.8) is 0 Å². The van der Waals surface area contributed by atoms with Crippen molar-refractivity contribution in [3.05, 3.63) is 71.9 Å². The second-order valence-electron chi connectivity index (χ2n) is 6.91. The topological polar surface area (TPSA) is 93.8 Å². The van der Waals surface area contributed by atoms with E-state index in [2.05, 4.69) is 10.5 Å². The zero-order valence-electron chi connectivity index (χ0n) is 15.8. The summed E-state index contributed by atoms with van der Waals surface area (Å²) in [6.45, 7) is 1.06. The SMILES string of the molecule is O=C(Cc1cnoc1-c1ccccc1)Nc1ccc(C[PH]2(O)OCCCO2)cc1. The van der Waals surface area contributed by atoms with E-state index in [9.17, 15) is 9.69 Å². The average Bonchev–Trinajstić information content (AvgIpc) is 3.18. The Labute approximate surface area is 169 Å². The molecule has 1 fully saturated rings. The molecule has 0 saturated carbocycles. The first-order chi connectivity index (χ1) is 14.1. The molecule has 2 N–H and O–H groups in total. The van der Waals surface area contributed by atoms with Crippen LogP contribution in [-0.4, -0.2) is 29.2 Å². The third-order valence-corrected chi connectivity index (χ3v) is 6.81. The Bertz CT molecular complexity index is 953. The second-order valence-corrected chi connectivity index (χ2v) is 9.26. The van der Waals surface area contributed by atoms with Gasteiger partial charge in [0.1, 0.15) is 0 Å². The molecule has 0 spiro atoms. The van der Waals surface area contributed by atoms with E-state index in [1.807, 2.05) is 42.5 Å². The van der Waals surface area contributed by atoms with E-state index in [1.165, 1.54) is 0 Å². The van der Waals surface area contributed by atoms with Crippen LogP contribution in [0.4, 0.5) is 5.69 Å². The van der Waals surface area contributed by atoms with Gasteiger partial charge in [0.05, 0.1) is 0 Å². The molecule has 8 heteroatoms. The van der Waals surface area contributed by atoms with Crippen molar-refractivity contribution < 1.29 is 23.3 Å². The summed E-state index contributed by atoms with van der Waals surface area (Å²) in [6.07, 6.45) is 2.89. The van der Waals surface area contributed by atoms with Crippen LogP contribution in [0.25, 0.3) is 11.3 Å². The normalized spacial score (nSPS) is 16.9. The van der Waals surface area contributed by atoms with Crippen molar-refractivity contribution in [1.82, 2.24) is 5.16 Å². The number of amides is 1. The van der Waals surface area contributed by atoms with Gasteiger partial charge >= 0.3 is 151 Å². The average molecular weight is 414 g/mol. The Balaban J connectivity index is 1.36. The summed E-state index contributed by atoms with van der Waals surface area (Å²) in [5.41, 5.74) is 3.19. The van der Waals surface area contributed by atoms with Crippen molar-refractivity contribution >= 4 is 19.5 Å². The number of hydrogen-bond acceptors (Lipinski definition) is 6. The molecule has 1 saturated heterocycles. The monoisotopic (exact) mass is 414 g/mol. The van der Waals surface area contributed by atoms with E-state index in [0.717, 1.165) is 23.1 Å². The van der Waals surface area contributed by atoms with E-state index in [-0.39, 0.29) is 12.3 Å². The molecule has 2 heterocycles. The molecule has 1 aromatic heterocycles. The first kappa shape index (κ1) is 19.7. The third-order valence-electron chi connectivity index (χ3n) is 4.64. The first-order valence-corrected chi connectivity index (χ1v) is 11.5. The molecule has 4 rings (SSSR count). The molecule has 1 amide bonds. The van der Waals surface area contributed by atoms with Crippen molar-refractivity contribution in [2.45, 2.75) is 19.0 Å². The summed E-state index contributed by atoms with van der Waals surface area (Å²) in [5, 5.41) is 6.71. The molecule has 0 radical (unpaired) electrons. The molecular formula is C21H23N2O5P. The van der Waals surface area contributed by atoms with Crippen molar-refractivity contribution in [2.24, 2.45) is 0 Å². The summed E-state index contributed by atoms with van der Waals surface area (Å²) < 4.78 is 16.2. The summed E-state index contributed by atoms with van der Waals surface area (Å²) in [5.74, 6) is 0.437. The summed E-state index contributed by atoms with van der Waals surface area (Å²) in [4.78, 5) is 22.9. The fraction of sp³-hybridized carbons (Fsp3) is 0.238. The van der Waals surface area contributed by atoms with Gasteiger partial charge in [0.2, 0.25) is 0 Å². The number of carbonyl (C=O) groups excluding carboxylic acids is 1. The van der Waals surface area contributed by atoms with Crippen LogP contribution in [-0.2, 0) is 26.4 Å². The number of nitrogens with zero attached hydrogens (tertiary/aromatic N) is 1. The van der Waals surface area contributed by atoms with Gasteiger partial charge in [-0.2, -0.15) is 0 Å². The minimum absolute atomic E-state index is 0.157. The molecule has 0 bridgehead atoms. The van der Waals surface area contributed by atoms with Crippen LogP contribution >= 0.6 is 7.94 Å². The molecule has 0 atom stereocenters. The van der Waals surface area contributed by atoms with Gasteiger partial charge in [-0.3, -0.25) is 0 Å². The molecule has 0 aliphatic carbocycles. The van der Waals surface area contributed by atoms with E-state index < -0.39 is 7.94 Å². The number of anilines is 1. The zero-order chi connectivity index (χ0) is 20.1. The predicted octanol–water partition coefficient (Wildman–Crippen LogP) is 3.95. The Morgan fingerprint density at radius 1 is 1.07 bits per heavy atom. The van der Waals surface area contributed by atoms with Gasteiger partial charge in [0.15, 0.2) is 0 Å². The molecular weight excluding hydrogens is 391 g/mol. The van der Waals surface area contributed by atoms with E-state index in [4.69, 9.17) is 13.6 Å². The molecule has 3 aromatic rings. The van der Waals surface area contributed by atoms with Crippen LogP contribution in [0.2, 0.25) is 0 Å². The second kappa shape index (κ2) is 8.84. The molecule has 29 heavy (non-hydrogen) atoms. The van der Waals surface area contributed by atoms with Crippen LogP contribution in [0.5, 0.6) is 0 Å². The Hall–Kier alpha value is -2.57. The molecule has 2 aromatic carbocycles. The van der Waals surface area contributed by atoms with Crippen molar-refractivity contribution in [2.75, 3.05) is 18.5 Å². The van der Waals surface area contributed by atoms with E-state index in [1.54, 1.807) is 18.3 Å². The number of carbonyl (C=O) groups is 1. The van der Waals surface area contributed by atoms with Crippen LogP contribution < -0.4 is 5.32 Å². The molecule has 1 aliphatic heterocycles. The van der Waals surface area contributed by atoms with Crippen LogP contribution in [0, 0.1) is 0 Å². The van der Waals surface area contributed by atoms with Gasteiger partial charge in [-0.15, -0.1) is 0 Å². The fourth-order valence-electron chi connectivity index (χ4n) is 3.22. The molecule has 1 aliphatic rings. The Morgan fingerprint density at radius 3 is 2.52 bits per heavy atom. The summed E-state index contributed by atoms with van der Waals surface area (Å²) in [7, 11) is -3.11. The number of benzene rings is 2. The standard InChI is InChI=1S/C21H23N2O5P/c24-20(13-18-14-22-28-21(18)17-5-2-1-3-6-17)23-19-9-7-16(8-10-19)15-29(25)26-11-4-12-27-29/h1-3,5-10,14,25,29H,4,11-13,15H2,(H,23,24). The maximum atomic E-state index is 12.5. The predicted molar refractivity (Wildman–Crippen MR) is 111 cm³/mol. The third kappa shape index (κ3) is 5.08. The van der Waals surface area contributed by atoms with Gasteiger partial charge in [-0.05, 0) is 0 Å². The molecule has 152 valence electrons. The van der Waals surface area contributed by atoms with Gasteiger partial charge in [-0.1, -0.05) is 18.2 Å². The quantitative estimate of drug-likeness (QED) is 0.594. The van der Waals surface area contributed by atoms with Gasteiger partial charge in [-0.25, -0.2) is 0 Å². The molecule has 7 nitrogen and oxygen atoms in total. The first-order valence-electron chi connectivity index (χ1n) is 9.49. The van der Waals surface area contributed by atoms with Crippen LogP contribution in [0.15, 0.2) is 65.3 Å². The van der Waals surface area contributed by atoms with Gasteiger partial charge in [0, 0.05) is 0 Å². The summed E-state index contributed by atoms with van der Waals surface area (Å²) in [6, 6.07) is 16.9. The van der Waals surface area contributed by atoms with E-state index in [0.29, 0.717) is 30.8 Å². The maximum absolute atomic E-state index is 12.5. The fourth-order valence-corrected chi connectivity index (χ4v) is 5.19. The van der Waals surface area contributed by atoms with Crippen molar-refractivity contribution in [3.8, 4) is 11.3 Å². The van der Waals surface area contributed by atoms with Gasteiger partial charge in [0.25, 0.3) is 0 Å². The van der Waals surface area contributed by atoms with Crippen LogP contribution in [0.3, 0.4) is 0 Å². The summed E-state index contributed by atoms with van der Waals surface area (Å²) >= 11 is 0. The molecule has 0 unspecified atom stereocenters. The minimum atomic E-state index is -3.11. The number of rotatable bonds is 6. The Kier molecular flexibility index (Phi) is 6.02. The Morgan fingerprint density at radius 2 is 1.79 bits per heavy atom. The van der Waals surface area contributed by atoms with Gasteiger partial charge < -0.3 is 0 Å². The van der Waals surface area contributed by atoms with E-state index >= 15 is 0 Å². The van der Waals surface area contributed by atoms with Crippen LogP contribution in [0.1, 0.15) is 17.5 Å².